The number of unbranched alkanes of at least 4 members (excludes halogenated alkanes) is 2. The summed E-state index contributed by atoms with van der Waals surface area (Å²) in [7, 11) is 0. The molecule has 4 N–H and O–H groups in total. The first kappa shape index (κ1) is 28.3. The van der Waals surface area contributed by atoms with E-state index in [4.69, 9.17) is 17.0 Å². The zero-order valence-electron chi connectivity index (χ0n) is 22.3. The highest BCUT2D eigenvalue weighted by atomic mass is 32.1. The molecule has 0 aliphatic heterocycles. The van der Waals surface area contributed by atoms with Gasteiger partial charge < -0.3 is 20.7 Å². The van der Waals surface area contributed by atoms with Gasteiger partial charge in [-0.05, 0) is 79.3 Å². The highest BCUT2D eigenvalue weighted by molar-refractivity contribution is 7.80. The van der Waals surface area contributed by atoms with Gasteiger partial charge in [0.25, 0.3) is 11.8 Å². The molecule has 0 aliphatic rings. The van der Waals surface area contributed by atoms with Crippen LogP contribution in [0.25, 0.3) is 0 Å². The number of benzene rings is 4. The van der Waals surface area contributed by atoms with Gasteiger partial charge in [0.15, 0.2) is 5.11 Å². The van der Waals surface area contributed by atoms with Gasteiger partial charge in [-0.3, -0.25) is 14.9 Å². The Morgan fingerprint density at radius 1 is 0.675 bits per heavy atom. The van der Waals surface area contributed by atoms with Crippen molar-refractivity contribution in [1.82, 2.24) is 5.32 Å². The summed E-state index contributed by atoms with van der Waals surface area (Å²) in [6.45, 7) is 2.66. The maximum absolute atomic E-state index is 13.1. The number of hydrogen-bond acceptors (Lipinski definition) is 5. The van der Waals surface area contributed by atoms with Crippen LogP contribution in [-0.4, -0.2) is 23.5 Å². The van der Waals surface area contributed by atoms with Gasteiger partial charge in [-0.25, -0.2) is 0 Å². The standard InChI is InChI=1S/C32H32N4O3S/c1-2-3-11-22-39-29-17-10-8-15-27(29)31(38)36-32(40)35-28-16-9-7-14-26(28)30(37)34-25-20-18-24(19-21-25)33-23-12-5-4-6-13-23/h4-10,12-21,33H,2-3,11,22H2,1H3,(H,34,37)(H2,35,36,38,40). The molecule has 0 saturated carbocycles. The first-order chi connectivity index (χ1) is 19.5. The van der Waals surface area contributed by atoms with Crippen molar-refractivity contribution in [2.24, 2.45) is 0 Å². The lowest BCUT2D eigenvalue weighted by molar-refractivity contribution is 0.0972. The molecule has 0 radical (unpaired) electrons. The molecule has 0 atom stereocenters. The molecule has 0 bridgehead atoms. The van der Waals surface area contributed by atoms with Crippen molar-refractivity contribution in [3.05, 3.63) is 114 Å². The first-order valence-corrected chi connectivity index (χ1v) is 13.6. The predicted molar refractivity (Wildman–Crippen MR) is 166 cm³/mol. The number of anilines is 4. The van der Waals surface area contributed by atoms with Crippen LogP contribution in [-0.2, 0) is 0 Å². The molecule has 7 nitrogen and oxygen atoms in total. The lowest BCUT2D eigenvalue weighted by Gasteiger charge is -2.15. The van der Waals surface area contributed by atoms with Crippen molar-refractivity contribution in [2.45, 2.75) is 26.2 Å². The Kier molecular flexibility index (Phi) is 10.2. The summed E-state index contributed by atoms with van der Waals surface area (Å²) < 4.78 is 5.82. The molecule has 40 heavy (non-hydrogen) atoms. The summed E-state index contributed by atoms with van der Waals surface area (Å²) >= 11 is 5.40. The van der Waals surface area contributed by atoms with Crippen molar-refractivity contribution in [1.29, 1.82) is 0 Å². The molecule has 2 amide bonds. The van der Waals surface area contributed by atoms with Crippen molar-refractivity contribution in [3.8, 4) is 5.75 Å². The predicted octanol–water partition coefficient (Wildman–Crippen LogP) is 7.38. The third kappa shape index (κ3) is 8.15. The number of ether oxygens (including phenoxy) is 1. The van der Waals surface area contributed by atoms with Crippen LogP contribution in [0.15, 0.2) is 103 Å². The fraction of sp³-hybridized carbons (Fsp3) is 0.156. The highest BCUT2D eigenvalue weighted by Gasteiger charge is 2.16. The summed E-state index contributed by atoms with van der Waals surface area (Å²) in [4.78, 5) is 26.1. The van der Waals surface area contributed by atoms with Gasteiger partial charge in [-0.15, -0.1) is 0 Å². The second kappa shape index (κ2) is 14.5. The summed E-state index contributed by atoms with van der Waals surface area (Å²) in [6.07, 6.45) is 3.07. The fourth-order valence-corrected chi connectivity index (χ4v) is 4.15. The number of amides is 2. The van der Waals surface area contributed by atoms with Gasteiger partial charge in [0.05, 0.1) is 23.4 Å². The SMILES string of the molecule is CCCCCOc1ccccc1C(=O)NC(=S)Nc1ccccc1C(=O)Nc1ccc(Nc2ccccc2)cc1. The largest absolute Gasteiger partial charge is 0.493 e. The van der Waals surface area contributed by atoms with Gasteiger partial charge in [0.1, 0.15) is 5.75 Å². The van der Waals surface area contributed by atoms with Crippen LogP contribution < -0.4 is 26.0 Å². The van der Waals surface area contributed by atoms with Gasteiger partial charge in [0.2, 0.25) is 0 Å². The van der Waals surface area contributed by atoms with Gasteiger partial charge in [0, 0.05) is 17.1 Å². The zero-order chi connectivity index (χ0) is 28.2. The highest BCUT2D eigenvalue weighted by Crippen LogP contribution is 2.22. The topological polar surface area (TPSA) is 91.5 Å². The average Bonchev–Trinajstić information content (AvgIpc) is 2.97. The van der Waals surface area contributed by atoms with E-state index in [-0.39, 0.29) is 11.0 Å². The summed E-state index contributed by atoms with van der Waals surface area (Å²) in [5.41, 5.74) is 3.76. The Balaban J connectivity index is 1.36. The Labute approximate surface area is 240 Å². The number of nitrogens with one attached hydrogen (secondary N) is 4. The Morgan fingerprint density at radius 2 is 1.30 bits per heavy atom. The number of rotatable bonds is 11. The molecule has 0 unspecified atom stereocenters. The summed E-state index contributed by atoms with van der Waals surface area (Å²) in [6, 6.07) is 31.3. The number of carbonyl (C=O) groups is 2. The van der Waals surface area contributed by atoms with Crippen molar-refractivity contribution in [2.75, 3.05) is 22.6 Å². The molecule has 4 aromatic carbocycles. The van der Waals surface area contributed by atoms with Crippen LogP contribution in [0.5, 0.6) is 5.75 Å². The lowest BCUT2D eigenvalue weighted by Crippen LogP contribution is -2.35. The van der Waals surface area contributed by atoms with Gasteiger partial charge >= 0.3 is 0 Å². The van der Waals surface area contributed by atoms with Crippen LogP contribution in [0.1, 0.15) is 46.9 Å². The number of hydrogen-bond donors (Lipinski definition) is 4. The van der Waals surface area contributed by atoms with Crippen molar-refractivity contribution in [3.63, 3.8) is 0 Å². The van der Waals surface area contributed by atoms with Crippen LogP contribution in [0.3, 0.4) is 0 Å². The van der Waals surface area contributed by atoms with E-state index in [0.717, 1.165) is 30.6 Å². The molecular formula is C32H32N4O3S. The second-order valence-electron chi connectivity index (χ2n) is 9.03. The molecule has 204 valence electrons. The van der Waals surface area contributed by atoms with E-state index in [9.17, 15) is 9.59 Å². The molecule has 0 spiro atoms. The van der Waals surface area contributed by atoms with Crippen LogP contribution in [0, 0.1) is 0 Å². The van der Waals surface area contributed by atoms with Gasteiger partial charge in [-0.2, -0.15) is 0 Å². The number of para-hydroxylation sites is 3. The quantitative estimate of drug-likeness (QED) is 0.115. The normalized spacial score (nSPS) is 10.3. The maximum Gasteiger partial charge on any atom is 0.261 e. The summed E-state index contributed by atoms with van der Waals surface area (Å²) in [5, 5.41) is 12.0. The van der Waals surface area contributed by atoms with Crippen LogP contribution in [0.2, 0.25) is 0 Å². The average molecular weight is 553 g/mol. The van der Waals surface area contributed by atoms with Crippen molar-refractivity contribution >= 4 is 51.9 Å². The van der Waals surface area contributed by atoms with E-state index in [1.807, 2.05) is 60.7 Å². The monoisotopic (exact) mass is 552 g/mol. The Morgan fingerprint density at radius 3 is 2.05 bits per heavy atom. The second-order valence-corrected chi connectivity index (χ2v) is 9.44. The third-order valence-electron chi connectivity index (χ3n) is 5.99. The first-order valence-electron chi connectivity index (χ1n) is 13.2. The minimum atomic E-state index is -0.394. The minimum Gasteiger partial charge on any atom is -0.493 e. The van der Waals surface area contributed by atoms with E-state index in [1.165, 1.54) is 0 Å². The molecule has 0 fully saturated rings. The maximum atomic E-state index is 13.1. The lowest BCUT2D eigenvalue weighted by atomic mass is 10.1. The van der Waals surface area contributed by atoms with Crippen LogP contribution in [0.4, 0.5) is 22.7 Å². The molecule has 0 heterocycles. The van der Waals surface area contributed by atoms with Gasteiger partial charge in [-0.1, -0.05) is 62.2 Å². The van der Waals surface area contributed by atoms with E-state index < -0.39 is 5.91 Å². The number of thiocarbonyl (C=S) groups is 1. The minimum absolute atomic E-state index is 0.0716. The molecule has 0 aliphatic carbocycles. The van der Waals surface area contributed by atoms with Crippen LogP contribution >= 0.6 is 12.2 Å². The third-order valence-corrected chi connectivity index (χ3v) is 6.19. The molecule has 0 aromatic heterocycles. The Hall–Kier alpha value is -4.69. The zero-order valence-corrected chi connectivity index (χ0v) is 23.1. The molecule has 8 heteroatoms. The van der Waals surface area contributed by atoms with Crippen molar-refractivity contribution < 1.29 is 14.3 Å². The van der Waals surface area contributed by atoms with E-state index in [2.05, 4.69) is 28.2 Å². The van der Waals surface area contributed by atoms with E-state index in [0.29, 0.717) is 34.9 Å². The van der Waals surface area contributed by atoms with E-state index in [1.54, 1.807) is 42.5 Å². The van der Waals surface area contributed by atoms with E-state index >= 15 is 0 Å². The molecule has 0 saturated heterocycles. The number of carbonyl (C=O) groups excluding carboxylic acids is 2. The molecule has 4 aromatic rings. The molecule has 4 rings (SSSR count). The smallest absolute Gasteiger partial charge is 0.261 e. The summed E-state index contributed by atoms with van der Waals surface area (Å²) in [5.74, 6) is -0.204. The molecular weight excluding hydrogens is 520 g/mol. The Bertz CT molecular complexity index is 1440. The fourth-order valence-electron chi connectivity index (χ4n) is 3.95.